The Balaban J connectivity index is 1.55. The first-order valence-corrected chi connectivity index (χ1v) is 8.58. The number of likely N-dealkylation sites (tertiary alicyclic amines) is 1. The van der Waals surface area contributed by atoms with Gasteiger partial charge in [-0.15, -0.1) is 6.58 Å². The van der Waals surface area contributed by atoms with E-state index in [0.29, 0.717) is 12.0 Å². The Kier molecular flexibility index (Phi) is 5.70. The van der Waals surface area contributed by atoms with Gasteiger partial charge in [0.25, 0.3) is 0 Å². The van der Waals surface area contributed by atoms with Gasteiger partial charge in [0.2, 0.25) is 0 Å². The largest absolute Gasteiger partial charge is 0.497 e. The van der Waals surface area contributed by atoms with Crippen molar-refractivity contribution in [1.29, 1.82) is 0 Å². The highest BCUT2D eigenvalue weighted by Crippen LogP contribution is 2.25. The lowest BCUT2D eigenvalue weighted by molar-refractivity contribution is -0.0241. The predicted octanol–water partition coefficient (Wildman–Crippen LogP) is 2.40. The molecular weight excluding hydrogens is 288 g/mol. The van der Waals surface area contributed by atoms with E-state index in [-0.39, 0.29) is 0 Å². The van der Waals surface area contributed by atoms with Crippen LogP contribution in [0, 0.1) is 5.92 Å². The van der Waals surface area contributed by atoms with Gasteiger partial charge in [-0.1, -0.05) is 18.2 Å². The fourth-order valence-electron chi connectivity index (χ4n) is 3.66. The number of rotatable bonds is 5. The van der Waals surface area contributed by atoms with E-state index in [1.807, 2.05) is 18.2 Å². The summed E-state index contributed by atoms with van der Waals surface area (Å²) < 4.78 is 11.4. The number of methoxy groups -OCH3 is 1. The molecular formula is C19H28N2O2. The predicted molar refractivity (Wildman–Crippen MR) is 92.8 cm³/mol. The van der Waals surface area contributed by atoms with Crippen molar-refractivity contribution in [3.05, 3.63) is 42.5 Å². The summed E-state index contributed by atoms with van der Waals surface area (Å²) in [5.41, 5.74) is 1.34. The Morgan fingerprint density at radius 1 is 1.22 bits per heavy atom. The maximum atomic E-state index is 6.15. The maximum Gasteiger partial charge on any atom is 0.118 e. The van der Waals surface area contributed by atoms with E-state index in [0.717, 1.165) is 51.6 Å². The Bertz CT molecular complexity index is 503. The second-order valence-corrected chi connectivity index (χ2v) is 6.59. The molecule has 0 saturated carbocycles. The molecule has 0 aromatic heterocycles. The summed E-state index contributed by atoms with van der Waals surface area (Å²) in [5.74, 6) is 1.58. The van der Waals surface area contributed by atoms with Crippen molar-refractivity contribution >= 4 is 0 Å². The van der Waals surface area contributed by atoms with Crippen LogP contribution < -0.4 is 4.74 Å². The van der Waals surface area contributed by atoms with Gasteiger partial charge in [-0.3, -0.25) is 9.80 Å². The van der Waals surface area contributed by atoms with Crippen LogP contribution in [0.25, 0.3) is 0 Å². The van der Waals surface area contributed by atoms with Gasteiger partial charge in [-0.05, 0) is 30.7 Å². The number of nitrogens with zero attached hydrogens (tertiary/aromatic N) is 2. The molecule has 2 fully saturated rings. The second-order valence-electron chi connectivity index (χ2n) is 6.59. The summed E-state index contributed by atoms with van der Waals surface area (Å²) in [6.07, 6.45) is 3.59. The molecule has 2 atom stereocenters. The molecule has 4 heteroatoms. The highest BCUT2D eigenvalue weighted by Gasteiger charge is 2.32. The molecule has 0 N–H and O–H groups in total. The molecule has 0 unspecified atom stereocenters. The zero-order valence-electron chi connectivity index (χ0n) is 14.1. The smallest absolute Gasteiger partial charge is 0.118 e. The van der Waals surface area contributed by atoms with Gasteiger partial charge >= 0.3 is 0 Å². The summed E-state index contributed by atoms with van der Waals surface area (Å²) >= 11 is 0. The average Bonchev–Trinajstić information content (AvgIpc) is 2.77. The van der Waals surface area contributed by atoms with Crippen molar-refractivity contribution in [3.8, 4) is 5.75 Å². The first kappa shape index (κ1) is 16.5. The molecule has 0 bridgehead atoms. The highest BCUT2D eigenvalue weighted by atomic mass is 16.5. The summed E-state index contributed by atoms with van der Waals surface area (Å²) in [5, 5.41) is 0. The summed E-state index contributed by atoms with van der Waals surface area (Å²) in [6, 6.07) is 8.39. The van der Waals surface area contributed by atoms with E-state index in [4.69, 9.17) is 9.47 Å². The first-order chi connectivity index (χ1) is 11.3. The lowest BCUT2D eigenvalue weighted by Gasteiger charge is -2.38. The molecule has 126 valence electrons. The molecule has 4 nitrogen and oxygen atoms in total. The van der Waals surface area contributed by atoms with Crippen LogP contribution in [-0.2, 0) is 11.3 Å². The van der Waals surface area contributed by atoms with Crippen molar-refractivity contribution in [1.82, 2.24) is 9.80 Å². The Hall–Kier alpha value is -1.36. The van der Waals surface area contributed by atoms with Crippen molar-refractivity contribution in [2.75, 3.05) is 46.4 Å². The molecule has 0 spiro atoms. The van der Waals surface area contributed by atoms with E-state index in [2.05, 4.69) is 28.5 Å². The molecule has 0 amide bonds. The standard InChI is InChI=1S/C19H28N2O2/c1-3-9-20-11-12-23-19-15-21(10-8-17(19)14-20)13-16-4-6-18(22-2)7-5-16/h3-7,17,19H,1,8-15H2,2H3/t17-,19-/m1/s1. The van der Waals surface area contributed by atoms with Crippen LogP contribution in [0.5, 0.6) is 5.75 Å². The van der Waals surface area contributed by atoms with Crippen LogP contribution in [0.15, 0.2) is 36.9 Å². The van der Waals surface area contributed by atoms with Crippen molar-refractivity contribution < 1.29 is 9.47 Å². The van der Waals surface area contributed by atoms with E-state index in [9.17, 15) is 0 Å². The van der Waals surface area contributed by atoms with E-state index in [1.54, 1.807) is 7.11 Å². The van der Waals surface area contributed by atoms with Gasteiger partial charge in [0.05, 0.1) is 19.8 Å². The summed E-state index contributed by atoms with van der Waals surface area (Å²) in [6.45, 7) is 11.0. The number of hydrogen-bond donors (Lipinski definition) is 0. The zero-order valence-corrected chi connectivity index (χ0v) is 14.1. The molecule has 2 aliphatic heterocycles. The van der Waals surface area contributed by atoms with Crippen LogP contribution in [0.4, 0.5) is 0 Å². The van der Waals surface area contributed by atoms with Crippen LogP contribution in [0.1, 0.15) is 12.0 Å². The maximum absolute atomic E-state index is 6.15. The molecule has 2 heterocycles. The minimum absolute atomic E-state index is 0.372. The van der Waals surface area contributed by atoms with Crippen molar-refractivity contribution in [2.45, 2.75) is 19.1 Å². The zero-order chi connectivity index (χ0) is 16.1. The van der Waals surface area contributed by atoms with Crippen molar-refractivity contribution in [3.63, 3.8) is 0 Å². The average molecular weight is 316 g/mol. The highest BCUT2D eigenvalue weighted by molar-refractivity contribution is 5.27. The molecule has 0 radical (unpaired) electrons. The quantitative estimate of drug-likeness (QED) is 0.779. The Morgan fingerprint density at radius 2 is 2.04 bits per heavy atom. The number of hydrogen-bond acceptors (Lipinski definition) is 4. The topological polar surface area (TPSA) is 24.9 Å². The van der Waals surface area contributed by atoms with Crippen LogP contribution >= 0.6 is 0 Å². The minimum Gasteiger partial charge on any atom is -0.497 e. The van der Waals surface area contributed by atoms with Crippen molar-refractivity contribution in [2.24, 2.45) is 5.92 Å². The fourth-order valence-corrected chi connectivity index (χ4v) is 3.66. The lowest BCUT2D eigenvalue weighted by atomic mass is 9.93. The van der Waals surface area contributed by atoms with Gasteiger partial charge < -0.3 is 9.47 Å². The second kappa shape index (κ2) is 7.95. The molecule has 1 aromatic rings. The minimum atomic E-state index is 0.372. The van der Waals surface area contributed by atoms with Crippen LogP contribution in [0.3, 0.4) is 0 Å². The van der Waals surface area contributed by atoms with Gasteiger partial charge in [-0.2, -0.15) is 0 Å². The SMILES string of the molecule is C=CCN1CCO[C@@H]2CN(Cc3ccc(OC)cc3)CC[C@@H]2C1. The number of benzene rings is 1. The first-order valence-electron chi connectivity index (χ1n) is 8.58. The van der Waals surface area contributed by atoms with Gasteiger partial charge in [0.15, 0.2) is 0 Å². The van der Waals surface area contributed by atoms with E-state index < -0.39 is 0 Å². The third-order valence-electron chi connectivity index (χ3n) is 4.96. The Morgan fingerprint density at radius 3 is 2.78 bits per heavy atom. The molecule has 2 aliphatic rings. The van der Waals surface area contributed by atoms with Gasteiger partial charge in [0.1, 0.15) is 5.75 Å². The fraction of sp³-hybridized carbons (Fsp3) is 0.579. The van der Waals surface area contributed by atoms with E-state index in [1.165, 1.54) is 12.0 Å². The summed E-state index contributed by atoms with van der Waals surface area (Å²) in [4.78, 5) is 4.99. The number of ether oxygens (including phenoxy) is 2. The summed E-state index contributed by atoms with van der Waals surface area (Å²) in [7, 11) is 1.71. The molecule has 0 aliphatic carbocycles. The molecule has 3 rings (SSSR count). The number of fused-ring (bicyclic) bond motifs is 1. The van der Waals surface area contributed by atoms with Crippen LogP contribution in [0.2, 0.25) is 0 Å². The Labute approximate surface area is 139 Å². The number of piperidine rings is 1. The molecule has 1 aromatic carbocycles. The van der Waals surface area contributed by atoms with Crippen LogP contribution in [-0.4, -0.2) is 62.3 Å². The third-order valence-corrected chi connectivity index (χ3v) is 4.96. The third kappa shape index (κ3) is 4.34. The van der Waals surface area contributed by atoms with E-state index >= 15 is 0 Å². The lowest BCUT2D eigenvalue weighted by Crippen LogP contribution is -2.46. The van der Waals surface area contributed by atoms with Gasteiger partial charge in [-0.25, -0.2) is 0 Å². The monoisotopic (exact) mass is 316 g/mol. The van der Waals surface area contributed by atoms with Gasteiger partial charge in [0, 0.05) is 38.6 Å². The molecule has 23 heavy (non-hydrogen) atoms. The molecule has 2 saturated heterocycles. The normalized spacial score (nSPS) is 26.3.